The van der Waals surface area contributed by atoms with Gasteiger partial charge < -0.3 is 5.73 Å². The van der Waals surface area contributed by atoms with E-state index in [1.54, 1.807) is 36.7 Å². The molecule has 0 spiro atoms. The van der Waals surface area contributed by atoms with Crippen LogP contribution in [0.25, 0.3) is 0 Å². The summed E-state index contributed by atoms with van der Waals surface area (Å²) in [6.07, 6.45) is 4.02. The second-order valence-corrected chi connectivity index (χ2v) is 6.16. The number of nitrogen functional groups attached to an aromatic ring is 1. The quantitative estimate of drug-likeness (QED) is 0.821. The van der Waals surface area contributed by atoms with E-state index < -0.39 is 10.0 Å². The molecule has 5 nitrogen and oxygen atoms in total. The highest BCUT2D eigenvalue weighted by molar-refractivity contribution is 7.89. The molecule has 2 aromatic rings. The Balaban J connectivity index is 2.16. The summed E-state index contributed by atoms with van der Waals surface area (Å²) in [5, 5.41) is 0. The Morgan fingerprint density at radius 2 is 1.90 bits per heavy atom. The van der Waals surface area contributed by atoms with Crippen molar-refractivity contribution >= 4 is 15.7 Å². The summed E-state index contributed by atoms with van der Waals surface area (Å²) >= 11 is 0. The zero-order valence-electron chi connectivity index (χ0n) is 11.2. The molecule has 20 heavy (non-hydrogen) atoms. The van der Waals surface area contributed by atoms with Crippen LogP contribution in [-0.4, -0.2) is 13.4 Å². The van der Waals surface area contributed by atoms with Crippen LogP contribution in [0.5, 0.6) is 0 Å². The van der Waals surface area contributed by atoms with Gasteiger partial charge in [0.25, 0.3) is 0 Å². The SMILES string of the molecule is CCc1ccc(S(=O)(=O)NCc2ccncc2)cc1N. The minimum Gasteiger partial charge on any atom is -0.398 e. The molecule has 1 aromatic carbocycles. The highest BCUT2D eigenvalue weighted by Gasteiger charge is 2.14. The van der Waals surface area contributed by atoms with Gasteiger partial charge in [-0.15, -0.1) is 0 Å². The molecule has 0 unspecified atom stereocenters. The van der Waals surface area contributed by atoms with Gasteiger partial charge in [0.05, 0.1) is 4.90 Å². The minimum atomic E-state index is -3.56. The molecule has 106 valence electrons. The van der Waals surface area contributed by atoms with Crippen LogP contribution in [0.2, 0.25) is 0 Å². The number of benzene rings is 1. The highest BCUT2D eigenvalue weighted by Crippen LogP contribution is 2.18. The Morgan fingerprint density at radius 3 is 2.50 bits per heavy atom. The molecule has 0 amide bonds. The maximum Gasteiger partial charge on any atom is 0.240 e. The third kappa shape index (κ3) is 3.34. The van der Waals surface area contributed by atoms with Crippen molar-refractivity contribution in [1.82, 2.24) is 9.71 Å². The number of pyridine rings is 1. The predicted octanol–water partition coefficient (Wildman–Crippen LogP) is 1.70. The Hall–Kier alpha value is -1.92. The maximum atomic E-state index is 12.2. The van der Waals surface area contributed by atoms with Crippen molar-refractivity contribution in [2.24, 2.45) is 0 Å². The summed E-state index contributed by atoms with van der Waals surface area (Å²) < 4.78 is 26.9. The molecule has 0 radical (unpaired) electrons. The first-order chi connectivity index (χ1) is 9.53. The van der Waals surface area contributed by atoms with Crippen LogP contribution in [0, 0.1) is 0 Å². The molecule has 0 aliphatic heterocycles. The van der Waals surface area contributed by atoms with Gasteiger partial charge in [-0.05, 0) is 41.8 Å². The fraction of sp³-hybridized carbons (Fsp3) is 0.214. The van der Waals surface area contributed by atoms with Crippen LogP contribution in [0.15, 0.2) is 47.6 Å². The number of anilines is 1. The largest absolute Gasteiger partial charge is 0.398 e. The Labute approximate surface area is 118 Å². The number of hydrogen-bond acceptors (Lipinski definition) is 4. The lowest BCUT2D eigenvalue weighted by Gasteiger charge is -2.09. The molecule has 3 N–H and O–H groups in total. The van der Waals surface area contributed by atoms with Crippen LogP contribution < -0.4 is 10.5 Å². The first-order valence-corrected chi connectivity index (χ1v) is 7.78. The number of nitrogens with zero attached hydrogens (tertiary/aromatic N) is 1. The van der Waals surface area contributed by atoms with E-state index in [-0.39, 0.29) is 11.4 Å². The topological polar surface area (TPSA) is 85.1 Å². The molecule has 0 saturated heterocycles. The summed E-state index contributed by atoms with van der Waals surface area (Å²) in [6, 6.07) is 8.34. The van der Waals surface area contributed by atoms with E-state index in [9.17, 15) is 8.42 Å². The number of nitrogens with one attached hydrogen (secondary N) is 1. The fourth-order valence-electron chi connectivity index (χ4n) is 1.82. The van der Waals surface area contributed by atoms with E-state index >= 15 is 0 Å². The molecule has 0 aliphatic rings. The third-order valence-corrected chi connectivity index (χ3v) is 4.42. The Bertz CT molecular complexity index is 685. The standard InChI is InChI=1S/C14H17N3O2S/c1-2-12-3-4-13(9-14(12)15)20(18,19)17-10-11-5-7-16-8-6-11/h3-9,17H,2,10,15H2,1H3. The van der Waals surface area contributed by atoms with Crippen LogP contribution in [0.3, 0.4) is 0 Å². The molecule has 0 saturated carbocycles. The zero-order chi connectivity index (χ0) is 14.6. The van der Waals surface area contributed by atoms with Crippen molar-refractivity contribution in [3.05, 3.63) is 53.9 Å². The molecule has 0 aliphatic carbocycles. The van der Waals surface area contributed by atoms with E-state index in [0.717, 1.165) is 17.5 Å². The number of nitrogens with two attached hydrogens (primary N) is 1. The van der Waals surface area contributed by atoms with Crippen LogP contribution in [0.1, 0.15) is 18.1 Å². The second-order valence-electron chi connectivity index (χ2n) is 4.39. The Morgan fingerprint density at radius 1 is 1.20 bits per heavy atom. The van der Waals surface area contributed by atoms with Crippen molar-refractivity contribution < 1.29 is 8.42 Å². The van der Waals surface area contributed by atoms with Gasteiger partial charge in [-0.1, -0.05) is 13.0 Å². The second kappa shape index (κ2) is 6.02. The van der Waals surface area contributed by atoms with Crippen molar-refractivity contribution in [1.29, 1.82) is 0 Å². The monoisotopic (exact) mass is 291 g/mol. The summed E-state index contributed by atoms with van der Waals surface area (Å²) in [5.41, 5.74) is 8.13. The van der Waals surface area contributed by atoms with Gasteiger partial charge in [-0.25, -0.2) is 13.1 Å². The summed E-state index contributed by atoms with van der Waals surface area (Å²) in [5.74, 6) is 0. The normalized spacial score (nSPS) is 11.4. The van der Waals surface area contributed by atoms with Gasteiger partial charge in [0.15, 0.2) is 0 Å². The summed E-state index contributed by atoms with van der Waals surface area (Å²) in [4.78, 5) is 4.07. The number of sulfonamides is 1. The molecular weight excluding hydrogens is 274 g/mol. The van der Waals surface area contributed by atoms with Gasteiger partial charge in [-0.3, -0.25) is 4.98 Å². The molecule has 1 heterocycles. The molecule has 0 atom stereocenters. The van der Waals surface area contributed by atoms with E-state index in [2.05, 4.69) is 9.71 Å². The minimum absolute atomic E-state index is 0.182. The van der Waals surface area contributed by atoms with E-state index in [1.807, 2.05) is 6.92 Å². The number of aryl methyl sites for hydroxylation is 1. The first-order valence-electron chi connectivity index (χ1n) is 6.30. The first kappa shape index (κ1) is 14.5. The van der Waals surface area contributed by atoms with Crippen molar-refractivity contribution in [3.8, 4) is 0 Å². The van der Waals surface area contributed by atoms with Crippen LogP contribution in [-0.2, 0) is 23.0 Å². The van der Waals surface area contributed by atoms with Crippen molar-refractivity contribution in [3.63, 3.8) is 0 Å². The lowest BCUT2D eigenvalue weighted by Crippen LogP contribution is -2.23. The molecule has 6 heteroatoms. The van der Waals surface area contributed by atoms with Gasteiger partial charge in [0, 0.05) is 24.6 Å². The van der Waals surface area contributed by atoms with Gasteiger partial charge in [-0.2, -0.15) is 0 Å². The van der Waals surface area contributed by atoms with Gasteiger partial charge >= 0.3 is 0 Å². The average molecular weight is 291 g/mol. The smallest absolute Gasteiger partial charge is 0.240 e. The molecular formula is C14H17N3O2S. The van der Waals surface area contributed by atoms with Gasteiger partial charge in [0.1, 0.15) is 0 Å². The van der Waals surface area contributed by atoms with E-state index in [4.69, 9.17) is 5.73 Å². The Kier molecular flexibility index (Phi) is 4.36. The van der Waals surface area contributed by atoms with E-state index in [1.165, 1.54) is 6.07 Å². The number of hydrogen-bond donors (Lipinski definition) is 2. The zero-order valence-corrected chi connectivity index (χ0v) is 12.0. The van der Waals surface area contributed by atoms with E-state index in [0.29, 0.717) is 5.69 Å². The van der Waals surface area contributed by atoms with Crippen molar-refractivity contribution in [2.75, 3.05) is 5.73 Å². The lowest BCUT2D eigenvalue weighted by atomic mass is 10.1. The summed E-state index contributed by atoms with van der Waals surface area (Å²) in [6.45, 7) is 2.20. The van der Waals surface area contributed by atoms with Crippen LogP contribution in [0.4, 0.5) is 5.69 Å². The maximum absolute atomic E-state index is 12.2. The molecule has 0 bridgehead atoms. The number of aromatic nitrogens is 1. The molecule has 2 rings (SSSR count). The average Bonchev–Trinajstić information content (AvgIpc) is 2.46. The van der Waals surface area contributed by atoms with Crippen LogP contribution >= 0.6 is 0 Å². The predicted molar refractivity (Wildman–Crippen MR) is 78.5 cm³/mol. The lowest BCUT2D eigenvalue weighted by molar-refractivity contribution is 0.581. The molecule has 1 aromatic heterocycles. The fourth-order valence-corrected chi connectivity index (χ4v) is 2.88. The highest BCUT2D eigenvalue weighted by atomic mass is 32.2. The molecule has 0 fully saturated rings. The van der Waals surface area contributed by atoms with Crippen molar-refractivity contribution in [2.45, 2.75) is 24.8 Å². The third-order valence-electron chi connectivity index (χ3n) is 3.02. The van der Waals surface area contributed by atoms with Gasteiger partial charge in [0.2, 0.25) is 10.0 Å². The summed E-state index contributed by atoms with van der Waals surface area (Å²) in [7, 11) is -3.56. The number of rotatable bonds is 5.